The fraction of sp³-hybridized carbons (Fsp3) is 0.259. The number of rotatable bonds is 6. The van der Waals surface area contributed by atoms with Crippen LogP contribution in [0.15, 0.2) is 66.7 Å². The Kier molecular flexibility index (Phi) is 5.58. The predicted octanol–water partition coefficient (Wildman–Crippen LogP) is 5.39. The number of nitrogens with zero attached hydrogens (tertiary/aromatic N) is 3. The summed E-state index contributed by atoms with van der Waals surface area (Å²) >= 11 is 0. The Morgan fingerprint density at radius 2 is 1.79 bits per heavy atom. The van der Waals surface area contributed by atoms with Gasteiger partial charge >= 0.3 is 0 Å². The number of benzene rings is 3. The molecular formula is C27H26FN3O2. The Morgan fingerprint density at radius 1 is 1.03 bits per heavy atom. The van der Waals surface area contributed by atoms with E-state index in [1.807, 2.05) is 56.3 Å². The van der Waals surface area contributed by atoms with E-state index in [-0.39, 0.29) is 17.6 Å². The van der Waals surface area contributed by atoms with Crippen molar-refractivity contribution in [1.82, 2.24) is 9.55 Å². The Balaban J connectivity index is 1.42. The lowest BCUT2D eigenvalue weighted by atomic mass is 10.1. The molecule has 6 heteroatoms. The standard InChI is InChI=1S/C27H26FN3O2/c1-18-7-5-8-19(2)26(18)33-14-13-30-24-12-4-3-11-23(24)29-27(30)20-15-25(32)31(17-20)22-10-6-9-21(28)16-22/h3-12,16,20H,13-15,17H2,1-2H3. The van der Waals surface area contributed by atoms with Gasteiger partial charge < -0.3 is 14.2 Å². The molecule has 4 aromatic rings. The van der Waals surface area contributed by atoms with Crippen molar-refractivity contribution in [3.05, 3.63) is 89.5 Å². The minimum absolute atomic E-state index is 0.0176. The lowest BCUT2D eigenvalue weighted by Gasteiger charge is -2.18. The normalized spacial score (nSPS) is 16.0. The van der Waals surface area contributed by atoms with Crippen LogP contribution >= 0.6 is 0 Å². The largest absolute Gasteiger partial charge is 0.491 e. The topological polar surface area (TPSA) is 47.4 Å². The molecule has 168 valence electrons. The molecule has 1 aliphatic rings. The zero-order valence-electron chi connectivity index (χ0n) is 18.8. The number of aromatic nitrogens is 2. The maximum Gasteiger partial charge on any atom is 0.227 e. The molecule has 33 heavy (non-hydrogen) atoms. The number of ether oxygens (including phenoxy) is 1. The van der Waals surface area contributed by atoms with Crippen LogP contribution in [0.1, 0.15) is 29.3 Å². The Labute approximate surface area is 192 Å². The number of carbonyl (C=O) groups is 1. The summed E-state index contributed by atoms with van der Waals surface area (Å²) in [6.45, 7) is 5.68. The molecule has 1 aliphatic heterocycles. The minimum atomic E-state index is -0.348. The van der Waals surface area contributed by atoms with Crippen molar-refractivity contribution in [1.29, 1.82) is 0 Å². The van der Waals surface area contributed by atoms with Crippen LogP contribution in [0.2, 0.25) is 0 Å². The van der Waals surface area contributed by atoms with E-state index in [1.165, 1.54) is 12.1 Å². The van der Waals surface area contributed by atoms with E-state index in [0.29, 0.717) is 31.8 Å². The molecule has 1 atom stereocenters. The van der Waals surface area contributed by atoms with E-state index in [4.69, 9.17) is 9.72 Å². The number of aryl methyl sites for hydroxylation is 2. The van der Waals surface area contributed by atoms with Crippen LogP contribution in [-0.4, -0.2) is 28.6 Å². The summed E-state index contributed by atoms with van der Waals surface area (Å²) in [6, 6.07) is 20.3. The molecule has 1 amide bonds. The van der Waals surface area contributed by atoms with Gasteiger partial charge in [-0.1, -0.05) is 36.4 Å². The fourth-order valence-corrected chi connectivity index (χ4v) is 4.68. The van der Waals surface area contributed by atoms with Gasteiger partial charge in [-0.15, -0.1) is 0 Å². The van der Waals surface area contributed by atoms with Crippen LogP contribution < -0.4 is 9.64 Å². The van der Waals surface area contributed by atoms with E-state index in [9.17, 15) is 9.18 Å². The summed E-state index contributed by atoms with van der Waals surface area (Å²) in [6.07, 6.45) is 0.345. The van der Waals surface area contributed by atoms with Crippen LogP contribution in [0, 0.1) is 19.7 Å². The number of anilines is 1. The lowest BCUT2D eigenvalue weighted by molar-refractivity contribution is -0.117. The van der Waals surface area contributed by atoms with Gasteiger partial charge in [-0.3, -0.25) is 4.79 Å². The molecule has 1 saturated heterocycles. The average molecular weight is 444 g/mol. The van der Waals surface area contributed by atoms with Crippen molar-refractivity contribution in [2.45, 2.75) is 32.7 Å². The molecule has 0 N–H and O–H groups in total. The molecular weight excluding hydrogens is 417 g/mol. The number of halogens is 1. The summed E-state index contributed by atoms with van der Waals surface area (Å²) in [7, 11) is 0. The van der Waals surface area contributed by atoms with Crippen molar-refractivity contribution in [2.75, 3.05) is 18.1 Å². The van der Waals surface area contributed by atoms with E-state index >= 15 is 0 Å². The van der Waals surface area contributed by atoms with Crippen LogP contribution in [0.3, 0.4) is 0 Å². The van der Waals surface area contributed by atoms with Crippen LogP contribution in [0.5, 0.6) is 5.75 Å². The third-order valence-electron chi connectivity index (χ3n) is 6.26. The first-order chi connectivity index (χ1) is 16.0. The number of hydrogen-bond acceptors (Lipinski definition) is 3. The van der Waals surface area contributed by atoms with Crippen molar-refractivity contribution in [3.63, 3.8) is 0 Å². The first kappa shape index (κ1) is 21.2. The highest BCUT2D eigenvalue weighted by Gasteiger charge is 2.35. The van der Waals surface area contributed by atoms with Crippen molar-refractivity contribution in [2.24, 2.45) is 0 Å². The SMILES string of the molecule is Cc1cccc(C)c1OCCn1c(C2CC(=O)N(c3cccc(F)c3)C2)nc2ccccc21. The second-order valence-electron chi connectivity index (χ2n) is 8.57. The number of hydrogen-bond donors (Lipinski definition) is 0. The number of imidazole rings is 1. The van der Waals surface area contributed by atoms with E-state index in [0.717, 1.165) is 33.7 Å². The van der Waals surface area contributed by atoms with Crippen molar-refractivity contribution in [3.8, 4) is 5.75 Å². The highest BCUT2D eigenvalue weighted by molar-refractivity contribution is 5.96. The zero-order valence-corrected chi connectivity index (χ0v) is 18.8. The smallest absolute Gasteiger partial charge is 0.227 e. The van der Waals surface area contributed by atoms with Crippen molar-refractivity contribution >= 4 is 22.6 Å². The van der Waals surface area contributed by atoms with Gasteiger partial charge in [-0.25, -0.2) is 9.37 Å². The van der Waals surface area contributed by atoms with Gasteiger partial charge in [0, 0.05) is 24.6 Å². The van der Waals surface area contributed by atoms with Crippen LogP contribution in [-0.2, 0) is 11.3 Å². The summed E-state index contributed by atoms with van der Waals surface area (Å²) in [4.78, 5) is 19.4. The molecule has 3 aromatic carbocycles. The molecule has 0 saturated carbocycles. The van der Waals surface area contributed by atoms with Gasteiger partial charge in [-0.05, 0) is 55.3 Å². The Bertz CT molecular complexity index is 1310. The van der Waals surface area contributed by atoms with E-state index in [1.54, 1.807) is 17.0 Å². The van der Waals surface area contributed by atoms with E-state index < -0.39 is 0 Å². The minimum Gasteiger partial charge on any atom is -0.491 e. The lowest BCUT2D eigenvalue weighted by Crippen LogP contribution is -2.24. The highest BCUT2D eigenvalue weighted by Crippen LogP contribution is 2.33. The van der Waals surface area contributed by atoms with Gasteiger partial charge in [0.25, 0.3) is 0 Å². The highest BCUT2D eigenvalue weighted by atomic mass is 19.1. The predicted molar refractivity (Wildman–Crippen MR) is 127 cm³/mol. The molecule has 2 heterocycles. The Morgan fingerprint density at radius 3 is 2.58 bits per heavy atom. The average Bonchev–Trinajstić information content (AvgIpc) is 3.36. The molecule has 1 fully saturated rings. The number of fused-ring (bicyclic) bond motifs is 1. The summed E-state index contributed by atoms with van der Waals surface area (Å²) in [5.74, 6) is 1.34. The van der Waals surface area contributed by atoms with Gasteiger partial charge in [-0.2, -0.15) is 0 Å². The maximum absolute atomic E-state index is 13.7. The monoisotopic (exact) mass is 443 g/mol. The van der Waals surface area contributed by atoms with Gasteiger partial charge in [0.1, 0.15) is 24.0 Å². The summed E-state index contributed by atoms with van der Waals surface area (Å²) in [5.41, 5.74) is 4.73. The van der Waals surface area contributed by atoms with Gasteiger partial charge in [0.05, 0.1) is 17.6 Å². The van der Waals surface area contributed by atoms with Gasteiger partial charge in [0.2, 0.25) is 5.91 Å². The first-order valence-corrected chi connectivity index (χ1v) is 11.2. The van der Waals surface area contributed by atoms with E-state index in [2.05, 4.69) is 4.57 Å². The number of amides is 1. The van der Waals surface area contributed by atoms with Crippen LogP contribution in [0.4, 0.5) is 10.1 Å². The zero-order chi connectivity index (χ0) is 22.9. The molecule has 1 unspecified atom stereocenters. The fourth-order valence-electron chi connectivity index (χ4n) is 4.68. The van der Waals surface area contributed by atoms with Gasteiger partial charge in [0.15, 0.2) is 0 Å². The molecule has 5 nitrogen and oxygen atoms in total. The molecule has 0 aliphatic carbocycles. The quantitative estimate of drug-likeness (QED) is 0.401. The molecule has 0 bridgehead atoms. The first-order valence-electron chi connectivity index (χ1n) is 11.2. The van der Waals surface area contributed by atoms with Crippen LogP contribution in [0.25, 0.3) is 11.0 Å². The maximum atomic E-state index is 13.7. The number of para-hydroxylation sites is 3. The third kappa shape index (κ3) is 4.09. The second kappa shape index (κ2) is 8.70. The molecule has 1 aromatic heterocycles. The Hall–Kier alpha value is -3.67. The summed E-state index contributed by atoms with van der Waals surface area (Å²) < 4.78 is 22.1. The molecule has 0 spiro atoms. The summed E-state index contributed by atoms with van der Waals surface area (Å²) in [5, 5.41) is 0. The molecule has 5 rings (SSSR count). The third-order valence-corrected chi connectivity index (χ3v) is 6.26. The second-order valence-corrected chi connectivity index (χ2v) is 8.57. The van der Waals surface area contributed by atoms with Crippen molar-refractivity contribution < 1.29 is 13.9 Å². The molecule has 0 radical (unpaired) electrons. The number of carbonyl (C=O) groups excluding carboxylic acids is 1.